The van der Waals surface area contributed by atoms with Gasteiger partial charge in [-0.05, 0) is 25.0 Å². The molecule has 0 radical (unpaired) electrons. The van der Waals surface area contributed by atoms with Crippen LogP contribution < -0.4 is 0 Å². The maximum atomic E-state index is 10.6. The molecule has 0 saturated heterocycles. The van der Waals surface area contributed by atoms with Gasteiger partial charge >= 0.3 is 0 Å². The van der Waals surface area contributed by atoms with Gasteiger partial charge in [0.1, 0.15) is 6.10 Å². The number of fused-ring (bicyclic) bond motifs is 1. The van der Waals surface area contributed by atoms with Crippen LogP contribution in [0.1, 0.15) is 28.4 Å². The third-order valence-electron chi connectivity index (χ3n) is 3.38. The van der Waals surface area contributed by atoms with Crippen LogP contribution in [-0.2, 0) is 0 Å². The van der Waals surface area contributed by atoms with Crippen LogP contribution in [0.3, 0.4) is 0 Å². The first kappa shape index (κ1) is 11.9. The Labute approximate surface area is 111 Å². The number of benzene rings is 1. The van der Waals surface area contributed by atoms with Crippen molar-refractivity contribution in [3.63, 3.8) is 0 Å². The van der Waals surface area contributed by atoms with Crippen LogP contribution in [0.25, 0.3) is 5.52 Å². The molecule has 1 atom stereocenters. The molecule has 19 heavy (non-hydrogen) atoms. The number of aliphatic hydroxyl groups is 1. The van der Waals surface area contributed by atoms with Gasteiger partial charge in [-0.25, -0.2) is 4.52 Å². The molecule has 1 N–H and O–H groups in total. The molecular weight excluding hydrogens is 238 g/mol. The van der Waals surface area contributed by atoms with E-state index in [0.29, 0.717) is 0 Å². The van der Waals surface area contributed by atoms with Crippen molar-refractivity contribution >= 4 is 5.52 Å². The smallest absolute Gasteiger partial charge is 0.108 e. The number of hydrogen-bond donors (Lipinski definition) is 1. The number of aromatic nitrogens is 3. The molecule has 4 heteroatoms. The summed E-state index contributed by atoms with van der Waals surface area (Å²) < 4.78 is 1.72. The van der Waals surface area contributed by atoms with Crippen molar-refractivity contribution in [2.75, 3.05) is 0 Å². The van der Waals surface area contributed by atoms with Gasteiger partial charge in [-0.2, -0.15) is 5.10 Å². The van der Waals surface area contributed by atoms with Crippen molar-refractivity contribution in [3.05, 3.63) is 65.2 Å². The molecule has 1 aromatic carbocycles. The minimum Gasteiger partial charge on any atom is -0.384 e. The van der Waals surface area contributed by atoms with Gasteiger partial charge in [0.15, 0.2) is 0 Å². The van der Waals surface area contributed by atoms with Crippen LogP contribution in [0.5, 0.6) is 0 Å². The zero-order valence-electron chi connectivity index (χ0n) is 10.9. The maximum Gasteiger partial charge on any atom is 0.108 e. The Morgan fingerprint density at radius 2 is 2.00 bits per heavy atom. The number of hydrogen-bond acceptors (Lipinski definition) is 3. The van der Waals surface area contributed by atoms with Crippen molar-refractivity contribution in [1.29, 1.82) is 0 Å². The van der Waals surface area contributed by atoms with Gasteiger partial charge in [-0.15, -0.1) is 0 Å². The lowest BCUT2D eigenvalue weighted by Crippen LogP contribution is -2.02. The van der Waals surface area contributed by atoms with Gasteiger partial charge in [0.25, 0.3) is 0 Å². The van der Waals surface area contributed by atoms with Crippen LogP contribution in [0, 0.1) is 13.8 Å². The highest BCUT2D eigenvalue weighted by molar-refractivity contribution is 5.55. The van der Waals surface area contributed by atoms with Crippen molar-refractivity contribution < 1.29 is 5.11 Å². The molecule has 0 aliphatic carbocycles. The van der Waals surface area contributed by atoms with E-state index in [0.717, 1.165) is 27.8 Å². The minimum atomic E-state index is -0.679. The predicted molar refractivity (Wildman–Crippen MR) is 73.0 cm³/mol. The molecule has 0 aliphatic heterocycles. The van der Waals surface area contributed by atoms with Gasteiger partial charge in [-0.3, -0.25) is 4.98 Å². The predicted octanol–water partition coefficient (Wildman–Crippen LogP) is 2.43. The molecule has 1 unspecified atom stereocenters. The molecule has 0 spiro atoms. The second-order valence-electron chi connectivity index (χ2n) is 4.77. The van der Waals surface area contributed by atoms with E-state index >= 15 is 0 Å². The van der Waals surface area contributed by atoms with Crippen molar-refractivity contribution in [2.24, 2.45) is 0 Å². The first-order chi connectivity index (χ1) is 9.16. The van der Waals surface area contributed by atoms with Crippen LogP contribution in [0.4, 0.5) is 0 Å². The van der Waals surface area contributed by atoms with E-state index in [9.17, 15) is 5.11 Å². The molecule has 0 saturated carbocycles. The Morgan fingerprint density at radius 1 is 1.16 bits per heavy atom. The molecule has 0 fully saturated rings. The highest BCUT2D eigenvalue weighted by atomic mass is 16.3. The van der Waals surface area contributed by atoms with Gasteiger partial charge < -0.3 is 5.11 Å². The third kappa shape index (κ3) is 2.00. The Balaban J connectivity index is 2.13. The quantitative estimate of drug-likeness (QED) is 0.763. The van der Waals surface area contributed by atoms with Gasteiger partial charge in [0.05, 0.1) is 17.9 Å². The lowest BCUT2D eigenvalue weighted by atomic mass is 9.97. The second-order valence-corrected chi connectivity index (χ2v) is 4.77. The van der Waals surface area contributed by atoms with E-state index in [4.69, 9.17) is 0 Å². The molecule has 2 aromatic heterocycles. The summed E-state index contributed by atoms with van der Waals surface area (Å²) in [5, 5.41) is 14.8. The van der Waals surface area contributed by atoms with Gasteiger partial charge in [0, 0.05) is 18.0 Å². The van der Waals surface area contributed by atoms with Crippen LogP contribution in [-0.4, -0.2) is 19.7 Å². The number of rotatable bonds is 2. The first-order valence-corrected chi connectivity index (χ1v) is 6.19. The number of nitrogens with zero attached hydrogens (tertiary/aromatic N) is 3. The topological polar surface area (TPSA) is 50.4 Å². The molecule has 2 heterocycles. The minimum absolute atomic E-state index is 0.679. The van der Waals surface area contributed by atoms with Crippen LogP contribution in [0.2, 0.25) is 0 Å². The fraction of sp³-hybridized carbons (Fsp3) is 0.200. The van der Waals surface area contributed by atoms with Crippen LogP contribution >= 0.6 is 0 Å². The standard InChI is InChI=1S/C15H15N3O/c1-10-3-4-11(2)12(7-10)15(19)13-8-17-18-6-5-16-9-14(13)18/h3-9,15,19H,1-2H3. The number of aryl methyl sites for hydroxylation is 2. The molecular formula is C15H15N3O. The average molecular weight is 253 g/mol. The van der Waals surface area contributed by atoms with Crippen LogP contribution in [0.15, 0.2) is 43.0 Å². The second kappa shape index (κ2) is 4.48. The van der Waals surface area contributed by atoms with Gasteiger partial charge in [0.2, 0.25) is 0 Å². The summed E-state index contributed by atoms with van der Waals surface area (Å²) in [6.07, 6.45) is 6.18. The first-order valence-electron chi connectivity index (χ1n) is 6.19. The van der Waals surface area contributed by atoms with Crippen molar-refractivity contribution in [1.82, 2.24) is 14.6 Å². The van der Waals surface area contributed by atoms with Crippen molar-refractivity contribution in [3.8, 4) is 0 Å². The Morgan fingerprint density at radius 3 is 2.84 bits per heavy atom. The normalized spacial score (nSPS) is 12.8. The molecule has 0 amide bonds. The zero-order valence-corrected chi connectivity index (χ0v) is 10.9. The molecule has 3 aromatic rings. The molecule has 0 bridgehead atoms. The lowest BCUT2D eigenvalue weighted by Gasteiger charge is -2.13. The summed E-state index contributed by atoms with van der Waals surface area (Å²) in [4.78, 5) is 4.09. The monoisotopic (exact) mass is 253 g/mol. The molecule has 96 valence electrons. The summed E-state index contributed by atoms with van der Waals surface area (Å²) in [6.45, 7) is 4.02. The Kier molecular flexibility index (Phi) is 2.80. The summed E-state index contributed by atoms with van der Waals surface area (Å²) in [6, 6.07) is 6.08. The Hall–Kier alpha value is -2.20. The van der Waals surface area contributed by atoms with E-state index in [-0.39, 0.29) is 0 Å². The van der Waals surface area contributed by atoms with E-state index in [1.54, 1.807) is 29.3 Å². The number of aliphatic hydroxyl groups excluding tert-OH is 1. The highest BCUT2D eigenvalue weighted by Crippen LogP contribution is 2.28. The average Bonchev–Trinajstić information content (AvgIpc) is 2.84. The fourth-order valence-corrected chi connectivity index (χ4v) is 2.29. The molecule has 4 nitrogen and oxygen atoms in total. The van der Waals surface area contributed by atoms with E-state index in [2.05, 4.69) is 10.1 Å². The summed E-state index contributed by atoms with van der Waals surface area (Å²) >= 11 is 0. The lowest BCUT2D eigenvalue weighted by molar-refractivity contribution is 0.221. The fourth-order valence-electron chi connectivity index (χ4n) is 2.29. The third-order valence-corrected chi connectivity index (χ3v) is 3.38. The molecule has 3 rings (SSSR count). The van der Waals surface area contributed by atoms with Crippen molar-refractivity contribution in [2.45, 2.75) is 20.0 Å². The SMILES string of the molecule is Cc1ccc(C)c(C(O)c2cnn3ccncc23)c1. The zero-order chi connectivity index (χ0) is 13.4. The van der Waals surface area contributed by atoms with E-state index < -0.39 is 6.10 Å². The summed E-state index contributed by atoms with van der Waals surface area (Å²) in [5.74, 6) is 0. The summed E-state index contributed by atoms with van der Waals surface area (Å²) in [5.41, 5.74) is 4.73. The van der Waals surface area contributed by atoms with E-state index in [1.165, 1.54) is 0 Å². The Bertz CT molecular complexity index is 733. The molecule has 0 aliphatic rings. The maximum absolute atomic E-state index is 10.6. The van der Waals surface area contributed by atoms with E-state index in [1.807, 2.05) is 32.0 Å². The highest BCUT2D eigenvalue weighted by Gasteiger charge is 2.17. The van der Waals surface area contributed by atoms with Gasteiger partial charge in [-0.1, -0.05) is 23.8 Å². The largest absolute Gasteiger partial charge is 0.384 e. The summed E-state index contributed by atoms with van der Waals surface area (Å²) in [7, 11) is 0.